The summed E-state index contributed by atoms with van der Waals surface area (Å²) in [7, 11) is 0. The lowest BCUT2D eigenvalue weighted by Gasteiger charge is -2.21. The minimum absolute atomic E-state index is 0.438. The van der Waals surface area contributed by atoms with Crippen LogP contribution in [0.4, 0.5) is 0 Å². The van der Waals surface area contributed by atoms with E-state index in [0.717, 1.165) is 0 Å². The quantitative estimate of drug-likeness (QED) is 0.681. The maximum atomic E-state index is 10.7. The largest absolute Gasteiger partial charge is 0.480 e. The first-order chi connectivity index (χ1) is 5.61. The van der Waals surface area contributed by atoms with Gasteiger partial charge in [-0.1, -0.05) is 13.8 Å². The van der Waals surface area contributed by atoms with Crippen LogP contribution in [0.15, 0.2) is 5.10 Å². The Morgan fingerprint density at radius 2 is 2.50 bits per heavy atom. The Morgan fingerprint density at radius 1 is 1.83 bits per heavy atom. The summed E-state index contributed by atoms with van der Waals surface area (Å²) < 4.78 is 0. The molecule has 0 saturated heterocycles. The topological polar surface area (TPSA) is 52.9 Å². The summed E-state index contributed by atoms with van der Waals surface area (Å²) >= 11 is 0. The van der Waals surface area contributed by atoms with Gasteiger partial charge in [-0.3, -0.25) is 5.01 Å². The predicted octanol–water partition coefficient (Wildman–Crippen LogP) is 0.787. The first-order valence-electron chi connectivity index (χ1n) is 4.13. The lowest BCUT2D eigenvalue weighted by molar-refractivity contribution is -0.142. The molecule has 1 rings (SSSR count). The summed E-state index contributed by atoms with van der Waals surface area (Å²) in [6, 6.07) is -0.438. The molecule has 4 heteroatoms. The van der Waals surface area contributed by atoms with Crippen molar-refractivity contribution in [2.24, 2.45) is 11.0 Å². The van der Waals surface area contributed by atoms with E-state index in [0.29, 0.717) is 18.9 Å². The second kappa shape index (κ2) is 3.56. The van der Waals surface area contributed by atoms with Gasteiger partial charge in [0.25, 0.3) is 0 Å². The van der Waals surface area contributed by atoms with E-state index in [1.165, 1.54) is 0 Å². The second-order valence-electron chi connectivity index (χ2n) is 3.40. The van der Waals surface area contributed by atoms with Gasteiger partial charge in [0.2, 0.25) is 0 Å². The Labute approximate surface area is 71.9 Å². The molecule has 1 N–H and O–H groups in total. The average molecular weight is 170 g/mol. The average Bonchev–Trinajstić information content (AvgIpc) is 2.33. The fourth-order valence-electron chi connectivity index (χ4n) is 1.23. The van der Waals surface area contributed by atoms with Gasteiger partial charge in [0.05, 0.1) is 0 Å². The number of aliphatic carboxylic acids is 1. The Bertz CT molecular complexity index is 201. The maximum absolute atomic E-state index is 10.7. The molecule has 0 aromatic rings. The van der Waals surface area contributed by atoms with Crippen LogP contribution in [-0.4, -0.2) is 34.9 Å². The van der Waals surface area contributed by atoms with Crippen molar-refractivity contribution in [3.63, 3.8) is 0 Å². The van der Waals surface area contributed by atoms with Gasteiger partial charge >= 0.3 is 5.97 Å². The molecular weight excluding hydrogens is 156 g/mol. The summed E-state index contributed by atoms with van der Waals surface area (Å²) in [6.45, 7) is 4.81. The second-order valence-corrected chi connectivity index (χ2v) is 3.40. The van der Waals surface area contributed by atoms with Crippen LogP contribution in [0, 0.1) is 5.92 Å². The number of carbonyl (C=O) groups is 1. The zero-order chi connectivity index (χ0) is 9.14. The monoisotopic (exact) mass is 170 g/mol. The van der Waals surface area contributed by atoms with E-state index in [1.54, 1.807) is 11.2 Å². The highest BCUT2D eigenvalue weighted by molar-refractivity contribution is 5.79. The predicted molar refractivity (Wildman–Crippen MR) is 46.1 cm³/mol. The van der Waals surface area contributed by atoms with E-state index in [-0.39, 0.29) is 0 Å². The zero-order valence-electron chi connectivity index (χ0n) is 7.40. The molecule has 0 aromatic carbocycles. The van der Waals surface area contributed by atoms with Crippen molar-refractivity contribution in [2.75, 3.05) is 6.54 Å². The first kappa shape index (κ1) is 9.03. The van der Waals surface area contributed by atoms with Crippen LogP contribution in [0.5, 0.6) is 0 Å². The number of rotatable bonds is 3. The Hall–Kier alpha value is -1.06. The number of hydrogen-bond donors (Lipinski definition) is 1. The smallest absolute Gasteiger partial charge is 0.328 e. The normalized spacial score (nSPS) is 22.2. The van der Waals surface area contributed by atoms with E-state index in [2.05, 4.69) is 5.10 Å². The minimum atomic E-state index is -0.784. The molecule has 0 aromatic heterocycles. The molecule has 1 unspecified atom stereocenters. The van der Waals surface area contributed by atoms with E-state index >= 15 is 0 Å². The van der Waals surface area contributed by atoms with Gasteiger partial charge in [-0.15, -0.1) is 0 Å². The molecule has 0 bridgehead atoms. The summed E-state index contributed by atoms with van der Waals surface area (Å²) in [4.78, 5) is 10.7. The van der Waals surface area contributed by atoms with Gasteiger partial charge in [0.1, 0.15) is 6.04 Å². The van der Waals surface area contributed by atoms with Gasteiger partial charge in [-0.2, -0.15) is 5.10 Å². The third-order valence-corrected chi connectivity index (χ3v) is 1.76. The molecule has 0 amide bonds. The highest BCUT2D eigenvalue weighted by Gasteiger charge is 2.27. The molecule has 1 heterocycles. The molecular formula is C8H14N2O2. The van der Waals surface area contributed by atoms with Crippen LogP contribution in [-0.2, 0) is 4.79 Å². The van der Waals surface area contributed by atoms with E-state index < -0.39 is 12.0 Å². The van der Waals surface area contributed by atoms with E-state index in [4.69, 9.17) is 5.11 Å². The lowest BCUT2D eigenvalue weighted by Crippen LogP contribution is -2.36. The highest BCUT2D eigenvalue weighted by Crippen LogP contribution is 2.13. The van der Waals surface area contributed by atoms with E-state index in [9.17, 15) is 4.79 Å². The molecule has 0 radical (unpaired) electrons. The van der Waals surface area contributed by atoms with Crippen LogP contribution in [0.1, 0.15) is 20.3 Å². The van der Waals surface area contributed by atoms with Gasteiger partial charge < -0.3 is 5.11 Å². The minimum Gasteiger partial charge on any atom is -0.480 e. The SMILES string of the molecule is CC(C)CN1N=CCC1C(=O)O. The standard InChI is InChI=1S/C8H14N2O2/c1-6(2)5-10-7(8(11)12)3-4-9-10/h4,6-7H,3,5H2,1-2H3,(H,11,12). The molecule has 4 nitrogen and oxygen atoms in total. The van der Waals surface area contributed by atoms with Crippen molar-refractivity contribution < 1.29 is 9.90 Å². The Balaban J connectivity index is 2.51. The Morgan fingerprint density at radius 3 is 3.00 bits per heavy atom. The van der Waals surface area contributed by atoms with Gasteiger partial charge in [-0.05, 0) is 5.92 Å². The fraction of sp³-hybridized carbons (Fsp3) is 0.750. The van der Waals surface area contributed by atoms with Crippen LogP contribution in [0.25, 0.3) is 0 Å². The molecule has 0 fully saturated rings. The van der Waals surface area contributed by atoms with Crippen molar-refractivity contribution in [1.29, 1.82) is 0 Å². The molecule has 1 atom stereocenters. The van der Waals surface area contributed by atoms with Crippen LogP contribution in [0.3, 0.4) is 0 Å². The van der Waals surface area contributed by atoms with Crippen LogP contribution < -0.4 is 0 Å². The van der Waals surface area contributed by atoms with Gasteiger partial charge in [0.15, 0.2) is 0 Å². The molecule has 68 valence electrons. The zero-order valence-corrected chi connectivity index (χ0v) is 7.40. The van der Waals surface area contributed by atoms with E-state index in [1.807, 2.05) is 13.8 Å². The van der Waals surface area contributed by atoms with Crippen molar-refractivity contribution in [2.45, 2.75) is 26.3 Å². The number of hydrogen-bond acceptors (Lipinski definition) is 3. The Kier molecular flexibility index (Phi) is 2.68. The number of carboxylic acids is 1. The third kappa shape index (κ3) is 1.96. The highest BCUT2D eigenvalue weighted by atomic mass is 16.4. The summed E-state index contributed by atoms with van der Waals surface area (Å²) in [5, 5.41) is 14.4. The molecule has 1 aliphatic rings. The maximum Gasteiger partial charge on any atom is 0.328 e. The molecule has 12 heavy (non-hydrogen) atoms. The fourth-order valence-corrected chi connectivity index (χ4v) is 1.23. The van der Waals surface area contributed by atoms with Crippen LogP contribution >= 0.6 is 0 Å². The number of carboxylic acid groups (broad SMARTS) is 1. The van der Waals surface area contributed by atoms with Crippen molar-refractivity contribution in [3.8, 4) is 0 Å². The lowest BCUT2D eigenvalue weighted by atomic mass is 10.2. The number of nitrogens with zero attached hydrogens (tertiary/aromatic N) is 2. The van der Waals surface area contributed by atoms with Crippen molar-refractivity contribution in [3.05, 3.63) is 0 Å². The third-order valence-electron chi connectivity index (χ3n) is 1.76. The number of hydrazone groups is 1. The summed E-state index contributed by atoms with van der Waals surface area (Å²) in [6.07, 6.45) is 2.20. The summed E-state index contributed by atoms with van der Waals surface area (Å²) in [5.41, 5.74) is 0. The molecule has 0 saturated carbocycles. The van der Waals surface area contributed by atoms with Gasteiger partial charge in [0, 0.05) is 19.2 Å². The van der Waals surface area contributed by atoms with Crippen molar-refractivity contribution >= 4 is 12.2 Å². The van der Waals surface area contributed by atoms with Gasteiger partial charge in [-0.25, -0.2) is 4.79 Å². The molecule has 0 aliphatic carbocycles. The van der Waals surface area contributed by atoms with Crippen LogP contribution in [0.2, 0.25) is 0 Å². The first-order valence-corrected chi connectivity index (χ1v) is 4.13. The summed E-state index contributed by atoms with van der Waals surface area (Å²) in [5.74, 6) is -0.338. The molecule has 1 aliphatic heterocycles. The van der Waals surface area contributed by atoms with Crippen molar-refractivity contribution in [1.82, 2.24) is 5.01 Å². The molecule has 0 spiro atoms.